The number of hydrogen-bond donors (Lipinski definition) is 1. The fourth-order valence-corrected chi connectivity index (χ4v) is 2.29. The lowest BCUT2D eigenvalue weighted by molar-refractivity contribution is -0.0335. The number of nitriles is 1. The summed E-state index contributed by atoms with van der Waals surface area (Å²) >= 11 is 0. The van der Waals surface area contributed by atoms with Gasteiger partial charge in [-0.2, -0.15) is 5.26 Å². The van der Waals surface area contributed by atoms with Crippen molar-refractivity contribution in [3.8, 4) is 17.3 Å². The number of aryl methyl sites for hydroxylation is 2. The largest absolute Gasteiger partial charge is 0.377 e. The van der Waals surface area contributed by atoms with Crippen LogP contribution in [0, 0.1) is 25.2 Å². The summed E-state index contributed by atoms with van der Waals surface area (Å²) < 4.78 is 5.16. The van der Waals surface area contributed by atoms with E-state index in [1.807, 2.05) is 0 Å². The predicted octanol–water partition coefficient (Wildman–Crippen LogP) is 2.49. The second-order valence-corrected chi connectivity index (χ2v) is 5.15. The highest BCUT2D eigenvalue weighted by molar-refractivity contribution is 5.64. The van der Waals surface area contributed by atoms with Crippen molar-refractivity contribution in [2.75, 3.05) is 13.2 Å². The third kappa shape index (κ3) is 1.83. The Morgan fingerprint density at radius 2 is 2.16 bits per heavy atom. The van der Waals surface area contributed by atoms with E-state index in [0.29, 0.717) is 19.0 Å². The van der Waals surface area contributed by atoms with Gasteiger partial charge in [0.05, 0.1) is 31.2 Å². The van der Waals surface area contributed by atoms with E-state index >= 15 is 0 Å². The number of aromatic amines is 1. The molecule has 4 nitrogen and oxygen atoms in total. The van der Waals surface area contributed by atoms with Gasteiger partial charge in [0.2, 0.25) is 0 Å². The maximum Gasteiger partial charge on any atom is 0.161 e. The zero-order valence-corrected chi connectivity index (χ0v) is 11.0. The first-order valence-electron chi connectivity index (χ1n) is 6.27. The van der Waals surface area contributed by atoms with E-state index in [1.54, 1.807) is 6.20 Å². The van der Waals surface area contributed by atoms with Crippen LogP contribution in [0.25, 0.3) is 11.3 Å². The molecule has 0 amide bonds. The SMILES string of the molecule is Cc1ccc(C)c(-c2cnc(C3(C#N)COC3)[nH]2)c1. The molecule has 0 spiro atoms. The van der Waals surface area contributed by atoms with Gasteiger partial charge < -0.3 is 9.72 Å². The van der Waals surface area contributed by atoms with Gasteiger partial charge in [-0.3, -0.25) is 0 Å². The van der Waals surface area contributed by atoms with Crippen LogP contribution in [0.2, 0.25) is 0 Å². The molecule has 0 radical (unpaired) electrons. The highest BCUT2D eigenvalue weighted by atomic mass is 16.5. The van der Waals surface area contributed by atoms with Crippen LogP contribution in [-0.4, -0.2) is 23.2 Å². The first-order chi connectivity index (χ1) is 9.14. The zero-order chi connectivity index (χ0) is 13.5. The van der Waals surface area contributed by atoms with Crippen LogP contribution in [-0.2, 0) is 10.2 Å². The Hall–Kier alpha value is -2.12. The molecule has 1 N–H and O–H groups in total. The summed E-state index contributed by atoms with van der Waals surface area (Å²) in [5, 5.41) is 9.28. The number of hydrogen-bond acceptors (Lipinski definition) is 3. The number of benzene rings is 1. The molecule has 1 aliphatic heterocycles. The third-order valence-electron chi connectivity index (χ3n) is 3.62. The van der Waals surface area contributed by atoms with Crippen LogP contribution < -0.4 is 0 Å². The topological polar surface area (TPSA) is 61.7 Å². The Morgan fingerprint density at radius 1 is 1.37 bits per heavy atom. The van der Waals surface area contributed by atoms with Crippen molar-refractivity contribution < 1.29 is 4.74 Å². The van der Waals surface area contributed by atoms with Crippen molar-refractivity contribution in [2.24, 2.45) is 0 Å². The highest BCUT2D eigenvalue weighted by Gasteiger charge is 2.43. The van der Waals surface area contributed by atoms with E-state index in [9.17, 15) is 5.26 Å². The van der Waals surface area contributed by atoms with Crippen molar-refractivity contribution in [1.82, 2.24) is 9.97 Å². The van der Waals surface area contributed by atoms with Crippen LogP contribution in [0.4, 0.5) is 0 Å². The number of imidazole rings is 1. The number of H-pyrrole nitrogens is 1. The maximum atomic E-state index is 9.28. The van der Waals surface area contributed by atoms with Crippen molar-refractivity contribution in [2.45, 2.75) is 19.3 Å². The monoisotopic (exact) mass is 253 g/mol. The number of rotatable bonds is 2. The fraction of sp³-hybridized carbons (Fsp3) is 0.333. The molecule has 19 heavy (non-hydrogen) atoms. The summed E-state index contributed by atoms with van der Waals surface area (Å²) in [6, 6.07) is 8.62. The molecular formula is C15H15N3O. The van der Waals surface area contributed by atoms with Gasteiger partial charge in [0.25, 0.3) is 0 Å². The first kappa shape index (κ1) is 11.9. The quantitative estimate of drug-likeness (QED) is 0.894. The van der Waals surface area contributed by atoms with Crippen LogP contribution in [0.5, 0.6) is 0 Å². The van der Waals surface area contributed by atoms with E-state index < -0.39 is 5.41 Å². The fourth-order valence-electron chi connectivity index (χ4n) is 2.29. The Balaban J connectivity index is 2.02. The molecule has 0 atom stereocenters. The van der Waals surface area contributed by atoms with Gasteiger partial charge in [0.1, 0.15) is 5.82 Å². The standard InChI is InChI=1S/C15H15N3O/c1-10-3-4-11(2)12(5-10)13-6-17-14(18-13)15(7-16)8-19-9-15/h3-6H,8-9H2,1-2H3,(H,17,18). The minimum absolute atomic E-state index is 0.420. The average Bonchev–Trinajstić information content (AvgIpc) is 2.81. The van der Waals surface area contributed by atoms with E-state index in [0.717, 1.165) is 11.3 Å². The van der Waals surface area contributed by atoms with E-state index in [1.165, 1.54) is 11.1 Å². The molecule has 1 aliphatic rings. The molecule has 1 fully saturated rings. The first-order valence-corrected chi connectivity index (χ1v) is 6.27. The molecule has 1 aromatic carbocycles. The minimum Gasteiger partial charge on any atom is -0.377 e. The lowest BCUT2D eigenvalue weighted by atomic mass is 9.87. The summed E-state index contributed by atoms with van der Waals surface area (Å²) in [5.41, 5.74) is 3.90. The summed E-state index contributed by atoms with van der Waals surface area (Å²) in [5.74, 6) is 0.706. The molecule has 4 heteroatoms. The summed E-state index contributed by atoms with van der Waals surface area (Å²) in [7, 11) is 0. The molecule has 0 aliphatic carbocycles. The van der Waals surface area contributed by atoms with E-state index in [2.05, 4.69) is 48.1 Å². The average molecular weight is 253 g/mol. The lowest BCUT2D eigenvalue weighted by Gasteiger charge is -2.32. The Morgan fingerprint density at radius 3 is 2.79 bits per heavy atom. The number of ether oxygens (including phenoxy) is 1. The zero-order valence-electron chi connectivity index (χ0n) is 11.0. The highest BCUT2D eigenvalue weighted by Crippen LogP contribution is 2.31. The van der Waals surface area contributed by atoms with Gasteiger partial charge in [0, 0.05) is 5.56 Å². The molecule has 2 heterocycles. The molecule has 0 bridgehead atoms. The van der Waals surface area contributed by atoms with Crippen molar-refractivity contribution in [3.05, 3.63) is 41.3 Å². The van der Waals surface area contributed by atoms with E-state index in [-0.39, 0.29) is 0 Å². The van der Waals surface area contributed by atoms with Gasteiger partial charge >= 0.3 is 0 Å². The molecule has 0 unspecified atom stereocenters. The molecule has 0 saturated carbocycles. The summed E-state index contributed by atoms with van der Waals surface area (Å²) in [4.78, 5) is 7.65. The Bertz CT molecular complexity index is 662. The maximum absolute atomic E-state index is 9.28. The van der Waals surface area contributed by atoms with Crippen LogP contribution in [0.3, 0.4) is 0 Å². The second-order valence-electron chi connectivity index (χ2n) is 5.15. The third-order valence-corrected chi connectivity index (χ3v) is 3.62. The number of aromatic nitrogens is 2. The van der Waals surface area contributed by atoms with Gasteiger partial charge in [-0.05, 0) is 25.5 Å². The molecular weight excluding hydrogens is 238 g/mol. The van der Waals surface area contributed by atoms with Crippen molar-refractivity contribution in [3.63, 3.8) is 0 Å². The van der Waals surface area contributed by atoms with E-state index in [4.69, 9.17) is 4.74 Å². The number of nitrogens with zero attached hydrogens (tertiary/aromatic N) is 2. The lowest BCUT2D eigenvalue weighted by Crippen LogP contribution is -2.46. The molecule has 3 rings (SSSR count). The second kappa shape index (κ2) is 4.22. The van der Waals surface area contributed by atoms with Crippen LogP contribution in [0.15, 0.2) is 24.4 Å². The molecule has 2 aromatic rings. The van der Waals surface area contributed by atoms with Crippen LogP contribution >= 0.6 is 0 Å². The summed E-state index contributed by atoms with van der Waals surface area (Å²) in [6.45, 7) is 4.98. The smallest absolute Gasteiger partial charge is 0.161 e. The number of nitrogens with one attached hydrogen (secondary N) is 1. The van der Waals surface area contributed by atoms with Crippen molar-refractivity contribution >= 4 is 0 Å². The van der Waals surface area contributed by atoms with Gasteiger partial charge in [0.15, 0.2) is 5.41 Å². The Kier molecular flexibility index (Phi) is 2.65. The summed E-state index contributed by atoms with van der Waals surface area (Å²) in [6.07, 6.45) is 1.80. The molecule has 96 valence electrons. The van der Waals surface area contributed by atoms with Gasteiger partial charge in [-0.15, -0.1) is 0 Å². The van der Waals surface area contributed by atoms with Gasteiger partial charge in [-0.1, -0.05) is 17.7 Å². The van der Waals surface area contributed by atoms with Crippen molar-refractivity contribution in [1.29, 1.82) is 5.26 Å². The van der Waals surface area contributed by atoms with Crippen LogP contribution in [0.1, 0.15) is 17.0 Å². The normalized spacial score (nSPS) is 16.7. The Labute approximate surface area is 112 Å². The molecule has 1 aromatic heterocycles. The minimum atomic E-state index is -0.587. The molecule has 1 saturated heterocycles. The van der Waals surface area contributed by atoms with Gasteiger partial charge in [-0.25, -0.2) is 4.98 Å². The predicted molar refractivity (Wildman–Crippen MR) is 71.6 cm³/mol.